The fourth-order valence-electron chi connectivity index (χ4n) is 2.79. The standard InChI is InChI=1S/C19H30N4O2/c1-4-14(2)18(20)19(25)21-16-7-5-15(6-8-16)13-17(24)23-11-9-22(3)10-12-23/h5-8,14,18H,4,9-13,20H2,1-3H3,(H,21,25). The lowest BCUT2D eigenvalue weighted by atomic mass is 9.99. The SMILES string of the molecule is CCC(C)C(N)C(=O)Nc1ccc(CC(=O)N2CCN(C)CC2)cc1. The van der Waals surface area contributed by atoms with Gasteiger partial charge in [0, 0.05) is 31.9 Å². The van der Waals surface area contributed by atoms with E-state index in [0.717, 1.165) is 38.2 Å². The highest BCUT2D eigenvalue weighted by atomic mass is 16.2. The molecule has 0 spiro atoms. The number of nitrogens with two attached hydrogens (primary N) is 1. The Morgan fingerprint density at radius 3 is 2.32 bits per heavy atom. The summed E-state index contributed by atoms with van der Waals surface area (Å²) in [5.74, 6) is 0.125. The highest BCUT2D eigenvalue weighted by molar-refractivity contribution is 5.94. The molecule has 0 radical (unpaired) electrons. The van der Waals surface area contributed by atoms with E-state index in [1.54, 1.807) is 0 Å². The molecular formula is C19H30N4O2. The zero-order chi connectivity index (χ0) is 18.4. The Bertz CT molecular complexity index is 580. The predicted molar refractivity (Wildman–Crippen MR) is 100 cm³/mol. The quantitative estimate of drug-likeness (QED) is 0.814. The molecule has 1 fully saturated rings. The van der Waals surface area contributed by atoms with Gasteiger partial charge in [0.05, 0.1) is 12.5 Å². The number of nitrogens with one attached hydrogen (secondary N) is 1. The van der Waals surface area contributed by atoms with Gasteiger partial charge in [-0.2, -0.15) is 0 Å². The molecule has 6 nitrogen and oxygen atoms in total. The zero-order valence-electron chi connectivity index (χ0n) is 15.5. The van der Waals surface area contributed by atoms with Crippen LogP contribution < -0.4 is 11.1 Å². The third-order valence-corrected chi connectivity index (χ3v) is 4.99. The van der Waals surface area contributed by atoms with Gasteiger partial charge in [0.25, 0.3) is 0 Å². The molecule has 6 heteroatoms. The number of anilines is 1. The summed E-state index contributed by atoms with van der Waals surface area (Å²) >= 11 is 0. The van der Waals surface area contributed by atoms with E-state index < -0.39 is 6.04 Å². The number of piperazine rings is 1. The molecule has 0 saturated carbocycles. The van der Waals surface area contributed by atoms with Crippen molar-refractivity contribution in [2.45, 2.75) is 32.7 Å². The van der Waals surface area contributed by atoms with Crippen LogP contribution in [-0.2, 0) is 16.0 Å². The molecule has 0 bridgehead atoms. The van der Waals surface area contributed by atoms with Gasteiger partial charge in [-0.1, -0.05) is 32.4 Å². The zero-order valence-corrected chi connectivity index (χ0v) is 15.5. The van der Waals surface area contributed by atoms with Gasteiger partial charge >= 0.3 is 0 Å². The van der Waals surface area contributed by atoms with Crippen molar-refractivity contribution < 1.29 is 9.59 Å². The molecule has 1 saturated heterocycles. The molecule has 2 rings (SSSR count). The summed E-state index contributed by atoms with van der Waals surface area (Å²) in [5, 5.41) is 2.84. The van der Waals surface area contributed by atoms with Crippen LogP contribution in [0.5, 0.6) is 0 Å². The van der Waals surface area contributed by atoms with Crippen molar-refractivity contribution in [1.29, 1.82) is 0 Å². The summed E-state index contributed by atoms with van der Waals surface area (Å²) in [6.45, 7) is 7.41. The van der Waals surface area contributed by atoms with Crippen LogP contribution in [0.15, 0.2) is 24.3 Å². The largest absolute Gasteiger partial charge is 0.340 e. The van der Waals surface area contributed by atoms with Crippen LogP contribution >= 0.6 is 0 Å². The summed E-state index contributed by atoms with van der Waals surface area (Å²) in [7, 11) is 2.07. The Morgan fingerprint density at radius 2 is 1.76 bits per heavy atom. The van der Waals surface area contributed by atoms with Crippen LogP contribution in [0.2, 0.25) is 0 Å². The van der Waals surface area contributed by atoms with Gasteiger partial charge in [-0.25, -0.2) is 0 Å². The van der Waals surface area contributed by atoms with E-state index in [2.05, 4.69) is 17.3 Å². The monoisotopic (exact) mass is 346 g/mol. The Balaban J connectivity index is 1.87. The Hall–Kier alpha value is -1.92. The molecule has 1 aromatic carbocycles. The topological polar surface area (TPSA) is 78.7 Å². The molecule has 25 heavy (non-hydrogen) atoms. The molecule has 0 aliphatic carbocycles. The lowest BCUT2D eigenvalue weighted by Crippen LogP contribution is -2.47. The van der Waals surface area contributed by atoms with Crippen molar-refractivity contribution in [2.24, 2.45) is 11.7 Å². The minimum absolute atomic E-state index is 0.139. The molecule has 138 valence electrons. The summed E-state index contributed by atoms with van der Waals surface area (Å²) in [5.41, 5.74) is 7.60. The van der Waals surface area contributed by atoms with Gasteiger partial charge in [-0.15, -0.1) is 0 Å². The second-order valence-corrected chi connectivity index (χ2v) is 6.96. The summed E-state index contributed by atoms with van der Waals surface area (Å²) in [4.78, 5) is 28.6. The first-order valence-electron chi connectivity index (χ1n) is 9.02. The Kier molecular flexibility index (Phi) is 6.96. The first-order chi connectivity index (χ1) is 11.9. The molecule has 2 unspecified atom stereocenters. The van der Waals surface area contributed by atoms with E-state index in [0.29, 0.717) is 12.1 Å². The Morgan fingerprint density at radius 1 is 1.16 bits per heavy atom. The van der Waals surface area contributed by atoms with Crippen molar-refractivity contribution in [3.63, 3.8) is 0 Å². The highest BCUT2D eigenvalue weighted by Gasteiger charge is 2.20. The minimum Gasteiger partial charge on any atom is -0.340 e. The lowest BCUT2D eigenvalue weighted by molar-refractivity contribution is -0.132. The van der Waals surface area contributed by atoms with Crippen LogP contribution in [0.25, 0.3) is 0 Å². The molecule has 1 aromatic rings. The third kappa shape index (κ3) is 5.54. The number of hydrogen-bond donors (Lipinski definition) is 2. The van der Waals surface area contributed by atoms with Crippen molar-refractivity contribution in [1.82, 2.24) is 9.80 Å². The van der Waals surface area contributed by atoms with E-state index in [4.69, 9.17) is 5.73 Å². The second-order valence-electron chi connectivity index (χ2n) is 6.96. The molecule has 0 aromatic heterocycles. The van der Waals surface area contributed by atoms with E-state index in [9.17, 15) is 9.59 Å². The summed E-state index contributed by atoms with van der Waals surface area (Å²) in [6.07, 6.45) is 1.26. The molecule has 2 amide bonds. The fourth-order valence-corrected chi connectivity index (χ4v) is 2.79. The van der Waals surface area contributed by atoms with Crippen molar-refractivity contribution in [3.8, 4) is 0 Å². The van der Waals surface area contributed by atoms with Crippen LogP contribution in [0.4, 0.5) is 5.69 Å². The third-order valence-electron chi connectivity index (χ3n) is 4.99. The molecule has 1 heterocycles. The normalized spacial score (nSPS) is 17.8. The molecule has 1 aliphatic heterocycles. The maximum absolute atomic E-state index is 12.4. The van der Waals surface area contributed by atoms with Crippen molar-refractivity contribution >= 4 is 17.5 Å². The second kappa shape index (κ2) is 8.97. The first kappa shape index (κ1) is 19.4. The number of nitrogens with zero attached hydrogens (tertiary/aromatic N) is 2. The molecular weight excluding hydrogens is 316 g/mol. The highest BCUT2D eigenvalue weighted by Crippen LogP contribution is 2.14. The molecule has 2 atom stereocenters. The van der Waals surface area contributed by atoms with Crippen molar-refractivity contribution in [3.05, 3.63) is 29.8 Å². The van der Waals surface area contributed by atoms with Gasteiger partial charge < -0.3 is 20.9 Å². The summed E-state index contributed by atoms with van der Waals surface area (Å²) in [6, 6.07) is 6.92. The number of rotatable bonds is 6. The molecule has 1 aliphatic rings. The van der Waals surface area contributed by atoms with E-state index in [1.165, 1.54) is 0 Å². The summed E-state index contributed by atoms with van der Waals surface area (Å²) < 4.78 is 0. The van der Waals surface area contributed by atoms with Gasteiger partial charge in [0.15, 0.2) is 0 Å². The number of carbonyl (C=O) groups excluding carboxylic acids is 2. The average Bonchev–Trinajstić information content (AvgIpc) is 2.62. The van der Waals surface area contributed by atoms with Crippen molar-refractivity contribution in [2.75, 3.05) is 38.5 Å². The van der Waals surface area contributed by atoms with Gasteiger partial charge in [0.1, 0.15) is 0 Å². The Labute approximate surface area is 150 Å². The van der Waals surface area contributed by atoms with Crippen LogP contribution in [0.1, 0.15) is 25.8 Å². The van der Waals surface area contributed by atoms with Crippen LogP contribution in [0.3, 0.4) is 0 Å². The smallest absolute Gasteiger partial charge is 0.241 e. The number of carbonyl (C=O) groups is 2. The maximum atomic E-state index is 12.4. The molecule has 3 N–H and O–H groups in total. The predicted octanol–water partition coefficient (Wildman–Crippen LogP) is 1.32. The van der Waals surface area contributed by atoms with E-state index in [-0.39, 0.29) is 17.7 Å². The van der Waals surface area contributed by atoms with Crippen LogP contribution in [-0.4, -0.2) is 60.9 Å². The lowest BCUT2D eigenvalue weighted by Gasteiger charge is -2.32. The first-order valence-corrected chi connectivity index (χ1v) is 9.02. The van der Waals surface area contributed by atoms with E-state index >= 15 is 0 Å². The average molecular weight is 346 g/mol. The van der Waals surface area contributed by atoms with E-state index in [1.807, 2.05) is 43.0 Å². The fraction of sp³-hybridized carbons (Fsp3) is 0.579. The number of likely N-dealkylation sites (N-methyl/N-ethyl adjacent to an activating group) is 1. The van der Waals surface area contributed by atoms with Crippen LogP contribution in [0, 0.1) is 5.92 Å². The minimum atomic E-state index is -0.511. The number of amides is 2. The number of hydrogen-bond acceptors (Lipinski definition) is 4. The van der Waals surface area contributed by atoms with Gasteiger partial charge in [0.2, 0.25) is 11.8 Å². The maximum Gasteiger partial charge on any atom is 0.241 e. The number of benzene rings is 1. The van der Waals surface area contributed by atoms with Gasteiger partial charge in [-0.05, 0) is 30.7 Å². The van der Waals surface area contributed by atoms with Gasteiger partial charge in [-0.3, -0.25) is 9.59 Å².